The minimum atomic E-state index is -2.94. The van der Waals surface area contributed by atoms with Crippen LogP contribution in [-0.2, 0) is 14.6 Å². The molecule has 0 radical (unpaired) electrons. The summed E-state index contributed by atoms with van der Waals surface area (Å²) in [6, 6.07) is 3.47. The third-order valence-electron chi connectivity index (χ3n) is 2.87. The monoisotopic (exact) mass is 282 g/mol. The van der Waals surface area contributed by atoms with Gasteiger partial charge in [0.2, 0.25) is 0 Å². The first-order chi connectivity index (χ1) is 8.98. The normalized spacial score (nSPS) is 18.6. The van der Waals surface area contributed by atoms with E-state index in [1.54, 1.807) is 18.3 Å². The Balaban J connectivity index is 2.23. The molecule has 1 aliphatic rings. The Bertz CT molecular complexity index is 596. The van der Waals surface area contributed by atoms with E-state index >= 15 is 0 Å². The van der Waals surface area contributed by atoms with Crippen molar-refractivity contribution in [2.45, 2.75) is 0 Å². The van der Waals surface area contributed by atoms with Gasteiger partial charge in [0.15, 0.2) is 9.84 Å². The molecule has 0 saturated carbocycles. The number of rotatable bonds is 3. The van der Waals surface area contributed by atoms with Gasteiger partial charge in [-0.15, -0.1) is 0 Å². The lowest BCUT2D eigenvalue weighted by molar-refractivity contribution is -0.131. The zero-order valence-electron chi connectivity index (χ0n) is 10.2. The Hall–Kier alpha value is -1.89. The molecular formula is C12H14N2O4S. The van der Waals surface area contributed by atoms with Crippen LogP contribution in [0.4, 0.5) is 5.82 Å². The van der Waals surface area contributed by atoms with Crippen LogP contribution >= 0.6 is 0 Å². The van der Waals surface area contributed by atoms with Gasteiger partial charge >= 0.3 is 5.97 Å². The van der Waals surface area contributed by atoms with Crippen LogP contribution in [0.25, 0.3) is 6.08 Å². The molecule has 1 fully saturated rings. The minimum Gasteiger partial charge on any atom is -0.478 e. The fourth-order valence-electron chi connectivity index (χ4n) is 1.89. The van der Waals surface area contributed by atoms with Crippen molar-refractivity contribution in [3.05, 3.63) is 30.0 Å². The van der Waals surface area contributed by atoms with Gasteiger partial charge in [0, 0.05) is 30.9 Å². The highest BCUT2D eigenvalue weighted by Gasteiger charge is 2.23. The van der Waals surface area contributed by atoms with E-state index in [4.69, 9.17) is 5.11 Å². The van der Waals surface area contributed by atoms with Crippen LogP contribution < -0.4 is 4.90 Å². The van der Waals surface area contributed by atoms with Crippen LogP contribution in [0, 0.1) is 0 Å². The number of pyridine rings is 1. The summed E-state index contributed by atoms with van der Waals surface area (Å²) in [5.74, 6) is -0.206. The van der Waals surface area contributed by atoms with Gasteiger partial charge in [-0.3, -0.25) is 0 Å². The van der Waals surface area contributed by atoms with Gasteiger partial charge < -0.3 is 10.0 Å². The van der Waals surface area contributed by atoms with Crippen LogP contribution in [0.5, 0.6) is 0 Å². The number of hydrogen-bond donors (Lipinski definition) is 1. The molecule has 0 amide bonds. The van der Waals surface area contributed by atoms with Gasteiger partial charge in [0.05, 0.1) is 11.5 Å². The van der Waals surface area contributed by atoms with Crippen molar-refractivity contribution in [3.8, 4) is 0 Å². The molecule has 0 atom stereocenters. The lowest BCUT2D eigenvalue weighted by Gasteiger charge is -2.28. The van der Waals surface area contributed by atoms with E-state index in [1.165, 1.54) is 6.08 Å². The first-order valence-electron chi connectivity index (χ1n) is 5.79. The van der Waals surface area contributed by atoms with Gasteiger partial charge in [-0.25, -0.2) is 18.2 Å². The predicted octanol–water partition coefficient (Wildman–Crippen LogP) is 0.414. The summed E-state index contributed by atoms with van der Waals surface area (Å²) in [6.07, 6.45) is 4.12. The van der Waals surface area contributed by atoms with Crippen molar-refractivity contribution in [2.24, 2.45) is 0 Å². The van der Waals surface area contributed by atoms with Crippen LogP contribution in [0.3, 0.4) is 0 Å². The number of anilines is 1. The van der Waals surface area contributed by atoms with Gasteiger partial charge in [-0.05, 0) is 18.2 Å². The molecule has 1 saturated heterocycles. The van der Waals surface area contributed by atoms with Gasteiger partial charge in [-0.1, -0.05) is 0 Å². The number of sulfone groups is 1. The number of carboxylic acids is 1. The summed E-state index contributed by atoms with van der Waals surface area (Å²) in [5.41, 5.74) is 0.671. The van der Waals surface area contributed by atoms with Gasteiger partial charge in [0.25, 0.3) is 0 Å². The average molecular weight is 282 g/mol. The number of nitrogens with zero attached hydrogens (tertiary/aromatic N) is 2. The van der Waals surface area contributed by atoms with Crippen molar-refractivity contribution in [1.82, 2.24) is 4.98 Å². The molecule has 0 aliphatic carbocycles. The molecule has 1 aliphatic heterocycles. The van der Waals surface area contributed by atoms with E-state index in [0.717, 1.165) is 6.08 Å². The third kappa shape index (κ3) is 3.54. The van der Waals surface area contributed by atoms with Crippen molar-refractivity contribution < 1.29 is 18.3 Å². The molecule has 2 heterocycles. The predicted molar refractivity (Wildman–Crippen MR) is 71.8 cm³/mol. The summed E-state index contributed by atoms with van der Waals surface area (Å²) in [7, 11) is -2.94. The molecule has 1 N–H and O–H groups in total. The maximum atomic E-state index is 11.4. The Kier molecular flexibility index (Phi) is 3.84. The van der Waals surface area contributed by atoms with E-state index in [-0.39, 0.29) is 11.5 Å². The van der Waals surface area contributed by atoms with Crippen LogP contribution in [-0.4, -0.2) is 49.1 Å². The van der Waals surface area contributed by atoms with E-state index < -0.39 is 15.8 Å². The summed E-state index contributed by atoms with van der Waals surface area (Å²) < 4.78 is 22.8. The van der Waals surface area contributed by atoms with E-state index in [9.17, 15) is 13.2 Å². The zero-order chi connectivity index (χ0) is 13.9. The molecule has 2 rings (SSSR count). The quantitative estimate of drug-likeness (QED) is 0.808. The second kappa shape index (κ2) is 5.40. The first-order valence-corrected chi connectivity index (χ1v) is 7.61. The smallest absolute Gasteiger partial charge is 0.328 e. The molecular weight excluding hydrogens is 268 g/mol. The average Bonchev–Trinajstić information content (AvgIpc) is 2.37. The molecule has 1 aromatic rings. The van der Waals surface area contributed by atoms with Crippen LogP contribution in [0.2, 0.25) is 0 Å². The SMILES string of the molecule is O=C(O)/C=C/c1cccnc1N1CCS(=O)(=O)CC1. The molecule has 0 spiro atoms. The molecule has 0 aromatic carbocycles. The van der Waals surface area contributed by atoms with Crippen LogP contribution in [0.1, 0.15) is 5.56 Å². The van der Waals surface area contributed by atoms with Crippen molar-refractivity contribution in [3.63, 3.8) is 0 Å². The Morgan fingerprint density at radius 2 is 2.05 bits per heavy atom. The molecule has 0 bridgehead atoms. The fraction of sp³-hybridized carbons (Fsp3) is 0.333. The highest BCUT2D eigenvalue weighted by Crippen LogP contribution is 2.20. The van der Waals surface area contributed by atoms with E-state index in [1.807, 2.05) is 4.90 Å². The molecule has 19 heavy (non-hydrogen) atoms. The van der Waals surface area contributed by atoms with E-state index in [2.05, 4.69) is 4.98 Å². The second-order valence-electron chi connectivity index (χ2n) is 4.23. The van der Waals surface area contributed by atoms with E-state index in [0.29, 0.717) is 24.5 Å². The number of hydrogen-bond acceptors (Lipinski definition) is 5. The number of aliphatic carboxylic acids is 1. The summed E-state index contributed by atoms with van der Waals surface area (Å²) >= 11 is 0. The zero-order valence-corrected chi connectivity index (χ0v) is 11.0. The van der Waals surface area contributed by atoms with Crippen molar-refractivity contribution in [1.29, 1.82) is 0 Å². The largest absolute Gasteiger partial charge is 0.478 e. The number of aromatic nitrogens is 1. The third-order valence-corrected chi connectivity index (χ3v) is 4.48. The lowest BCUT2D eigenvalue weighted by Crippen LogP contribution is -2.41. The maximum absolute atomic E-state index is 11.4. The summed E-state index contributed by atoms with van der Waals surface area (Å²) in [6.45, 7) is 0.764. The lowest BCUT2D eigenvalue weighted by atomic mass is 10.2. The molecule has 1 aromatic heterocycles. The highest BCUT2D eigenvalue weighted by atomic mass is 32.2. The first kappa shape index (κ1) is 13.5. The maximum Gasteiger partial charge on any atom is 0.328 e. The van der Waals surface area contributed by atoms with Gasteiger partial charge in [0.1, 0.15) is 5.82 Å². The summed E-state index contributed by atoms with van der Waals surface area (Å²) in [4.78, 5) is 16.6. The van der Waals surface area contributed by atoms with Gasteiger partial charge in [-0.2, -0.15) is 0 Å². The second-order valence-corrected chi connectivity index (χ2v) is 6.53. The van der Waals surface area contributed by atoms with Crippen molar-refractivity contribution in [2.75, 3.05) is 29.5 Å². The Morgan fingerprint density at radius 3 is 2.68 bits per heavy atom. The standard InChI is InChI=1S/C12H14N2O4S/c15-11(16)4-3-10-2-1-5-13-12(10)14-6-8-19(17,18)9-7-14/h1-5H,6-9H2,(H,15,16)/b4-3+. The fourth-order valence-corrected chi connectivity index (χ4v) is 3.09. The minimum absolute atomic E-state index is 0.103. The topological polar surface area (TPSA) is 87.6 Å². The summed E-state index contributed by atoms with van der Waals surface area (Å²) in [5, 5.41) is 8.64. The Morgan fingerprint density at radius 1 is 1.37 bits per heavy atom. The molecule has 102 valence electrons. The Labute approximate surface area is 111 Å². The van der Waals surface area contributed by atoms with Crippen LogP contribution in [0.15, 0.2) is 24.4 Å². The van der Waals surface area contributed by atoms with Crippen molar-refractivity contribution >= 4 is 27.7 Å². The number of carbonyl (C=O) groups is 1. The highest BCUT2D eigenvalue weighted by molar-refractivity contribution is 7.91. The number of carboxylic acid groups (broad SMARTS) is 1. The molecule has 7 heteroatoms. The molecule has 0 unspecified atom stereocenters. The molecule has 6 nitrogen and oxygen atoms in total.